The molecule has 0 aliphatic carbocycles. The highest BCUT2D eigenvalue weighted by Crippen LogP contribution is 2.32. The number of benzene rings is 4. The number of halogens is 2. The Morgan fingerprint density at radius 1 is 0.424 bits per heavy atom. The Morgan fingerprint density at radius 2 is 0.667 bits per heavy atom. The second-order valence-corrected chi connectivity index (χ2v) is 8.64. The molecular formula is C31H26F2. The molecule has 0 aromatic heterocycles. The SMILES string of the molecule is CC(C)(c1ccc(C=Cc2ccc(F)cc2)cc1)c1ccc(C=Cc2ccc(F)cc2)cc1. The van der Waals surface area contributed by atoms with Crippen LogP contribution in [0.1, 0.15) is 47.2 Å². The minimum absolute atomic E-state index is 0.140. The molecule has 0 N–H and O–H groups in total. The maximum absolute atomic E-state index is 13.1. The zero-order valence-electron chi connectivity index (χ0n) is 18.8. The maximum Gasteiger partial charge on any atom is 0.123 e. The van der Waals surface area contributed by atoms with Crippen LogP contribution < -0.4 is 0 Å². The van der Waals surface area contributed by atoms with Crippen molar-refractivity contribution in [2.24, 2.45) is 0 Å². The first-order valence-corrected chi connectivity index (χ1v) is 11.0. The van der Waals surface area contributed by atoms with Crippen LogP contribution in [0.4, 0.5) is 8.78 Å². The molecule has 0 radical (unpaired) electrons. The molecule has 0 atom stereocenters. The molecule has 0 aliphatic heterocycles. The highest BCUT2D eigenvalue weighted by molar-refractivity contribution is 5.70. The summed E-state index contributed by atoms with van der Waals surface area (Å²) < 4.78 is 26.1. The normalized spacial score (nSPS) is 12.0. The first kappa shape index (κ1) is 22.4. The first-order chi connectivity index (χ1) is 15.9. The summed E-state index contributed by atoms with van der Waals surface area (Å²) >= 11 is 0. The van der Waals surface area contributed by atoms with Gasteiger partial charge in [0.25, 0.3) is 0 Å². The molecule has 0 amide bonds. The van der Waals surface area contributed by atoms with Crippen LogP contribution in [0, 0.1) is 11.6 Å². The molecule has 2 heteroatoms. The van der Waals surface area contributed by atoms with Gasteiger partial charge in [0.15, 0.2) is 0 Å². The molecule has 164 valence electrons. The van der Waals surface area contributed by atoms with Gasteiger partial charge in [-0.15, -0.1) is 0 Å². The smallest absolute Gasteiger partial charge is 0.123 e. The molecule has 0 nitrogen and oxygen atoms in total. The zero-order valence-corrected chi connectivity index (χ0v) is 18.8. The highest BCUT2D eigenvalue weighted by Gasteiger charge is 2.22. The molecule has 0 heterocycles. The van der Waals surface area contributed by atoms with Crippen molar-refractivity contribution in [3.05, 3.63) is 142 Å². The van der Waals surface area contributed by atoms with E-state index >= 15 is 0 Å². The Morgan fingerprint density at radius 3 is 0.939 bits per heavy atom. The highest BCUT2D eigenvalue weighted by atomic mass is 19.1. The van der Waals surface area contributed by atoms with Crippen LogP contribution in [0.15, 0.2) is 97.1 Å². The Balaban J connectivity index is 1.45. The van der Waals surface area contributed by atoms with E-state index in [4.69, 9.17) is 0 Å². The molecule has 0 saturated carbocycles. The minimum atomic E-state index is -0.226. The lowest BCUT2D eigenvalue weighted by Crippen LogP contribution is -2.18. The van der Waals surface area contributed by atoms with E-state index in [0.29, 0.717) is 0 Å². The fourth-order valence-electron chi connectivity index (χ4n) is 3.72. The predicted molar refractivity (Wildman–Crippen MR) is 136 cm³/mol. The van der Waals surface area contributed by atoms with Crippen LogP contribution in [0.2, 0.25) is 0 Å². The lowest BCUT2D eigenvalue weighted by Gasteiger charge is -2.26. The van der Waals surface area contributed by atoms with Gasteiger partial charge in [-0.3, -0.25) is 0 Å². The molecule has 0 unspecified atom stereocenters. The second kappa shape index (κ2) is 9.79. The summed E-state index contributed by atoms with van der Waals surface area (Å²) in [4.78, 5) is 0. The monoisotopic (exact) mass is 436 g/mol. The molecule has 0 spiro atoms. The van der Waals surface area contributed by atoms with Crippen LogP contribution in [0.5, 0.6) is 0 Å². The number of rotatable bonds is 6. The molecule has 0 bridgehead atoms. The Labute approximate surface area is 194 Å². The van der Waals surface area contributed by atoms with Crippen molar-refractivity contribution in [3.8, 4) is 0 Å². The van der Waals surface area contributed by atoms with Gasteiger partial charge >= 0.3 is 0 Å². The van der Waals surface area contributed by atoms with Crippen LogP contribution in [0.3, 0.4) is 0 Å². The molecule has 4 aromatic rings. The van der Waals surface area contributed by atoms with Crippen LogP contribution >= 0.6 is 0 Å². The van der Waals surface area contributed by atoms with Crippen molar-refractivity contribution in [1.29, 1.82) is 0 Å². The van der Waals surface area contributed by atoms with Gasteiger partial charge in [0.05, 0.1) is 0 Å². The van der Waals surface area contributed by atoms with E-state index < -0.39 is 0 Å². The summed E-state index contributed by atoms with van der Waals surface area (Å²) in [5.41, 5.74) is 6.45. The third-order valence-electron chi connectivity index (χ3n) is 5.94. The van der Waals surface area contributed by atoms with Gasteiger partial charge in [-0.1, -0.05) is 111 Å². The maximum atomic E-state index is 13.1. The van der Waals surface area contributed by atoms with Gasteiger partial charge < -0.3 is 0 Å². The predicted octanol–water partition coefficient (Wildman–Crippen LogP) is 8.63. The molecule has 0 aliphatic rings. The van der Waals surface area contributed by atoms with Gasteiger partial charge in [-0.05, 0) is 57.6 Å². The summed E-state index contributed by atoms with van der Waals surface area (Å²) in [5, 5.41) is 0. The standard InChI is InChI=1S/C31H26F2/c1-31(2,27-15-7-23(8-16-27)3-5-25-11-19-29(32)20-12-25)28-17-9-24(10-18-28)4-6-26-13-21-30(33)22-14-26/h3-22H,1-2H3. The lowest BCUT2D eigenvalue weighted by atomic mass is 9.78. The Hall–Kier alpha value is -3.78. The number of hydrogen-bond donors (Lipinski definition) is 0. The summed E-state index contributed by atoms with van der Waals surface area (Å²) in [7, 11) is 0. The van der Waals surface area contributed by atoms with E-state index in [1.54, 1.807) is 24.3 Å². The third-order valence-corrected chi connectivity index (χ3v) is 5.94. The minimum Gasteiger partial charge on any atom is -0.207 e. The molecule has 4 aromatic carbocycles. The van der Waals surface area contributed by atoms with Gasteiger partial charge in [-0.2, -0.15) is 0 Å². The van der Waals surface area contributed by atoms with Crippen LogP contribution in [0.25, 0.3) is 24.3 Å². The molecule has 0 saturated heterocycles. The van der Waals surface area contributed by atoms with Crippen molar-refractivity contribution in [2.45, 2.75) is 19.3 Å². The zero-order chi connectivity index (χ0) is 23.3. The summed E-state index contributed by atoms with van der Waals surface area (Å²) in [5.74, 6) is -0.452. The van der Waals surface area contributed by atoms with Crippen LogP contribution in [-0.2, 0) is 5.41 Å². The molecule has 0 fully saturated rings. The number of hydrogen-bond acceptors (Lipinski definition) is 0. The van der Waals surface area contributed by atoms with E-state index in [9.17, 15) is 8.78 Å². The van der Waals surface area contributed by atoms with Gasteiger partial charge in [0.2, 0.25) is 0 Å². The average molecular weight is 437 g/mol. The Kier molecular flexibility index (Phi) is 6.65. The van der Waals surface area contributed by atoms with E-state index in [1.807, 2.05) is 24.3 Å². The topological polar surface area (TPSA) is 0 Å². The third kappa shape index (κ3) is 5.72. The molecule has 4 rings (SSSR count). The Bertz CT molecular complexity index is 1140. The van der Waals surface area contributed by atoms with Gasteiger partial charge in [0, 0.05) is 5.41 Å². The van der Waals surface area contributed by atoms with E-state index in [-0.39, 0.29) is 17.0 Å². The van der Waals surface area contributed by atoms with Crippen molar-refractivity contribution in [3.63, 3.8) is 0 Å². The van der Waals surface area contributed by atoms with E-state index in [0.717, 1.165) is 22.3 Å². The van der Waals surface area contributed by atoms with E-state index in [2.05, 4.69) is 62.4 Å². The van der Waals surface area contributed by atoms with Crippen molar-refractivity contribution in [1.82, 2.24) is 0 Å². The first-order valence-electron chi connectivity index (χ1n) is 11.0. The lowest BCUT2D eigenvalue weighted by molar-refractivity contribution is 0.627. The van der Waals surface area contributed by atoms with Crippen molar-refractivity contribution < 1.29 is 8.78 Å². The fraction of sp³-hybridized carbons (Fsp3) is 0.0968. The second-order valence-electron chi connectivity index (χ2n) is 8.64. The summed E-state index contributed by atoms with van der Waals surface area (Å²) in [6.07, 6.45) is 8.04. The van der Waals surface area contributed by atoms with Gasteiger partial charge in [0.1, 0.15) is 11.6 Å². The molecule has 33 heavy (non-hydrogen) atoms. The molecular weight excluding hydrogens is 410 g/mol. The fourth-order valence-corrected chi connectivity index (χ4v) is 3.72. The quantitative estimate of drug-likeness (QED) is 0.265. The van der Waals surface area contributed by atoms with Crippen LogP contribution in [-0.4, -0.2) is 0 Å². The van der Waals surface area contributed by atoms with Crippen molar-refractivity contribution in [2.75, 3.05) is 0 Å². The summed E-state index contributed by atoms with van der Waals surface area (Å²) in [6.45, 7) is 4.44. The average Bonchev–Trinajstić information content (AvgIpc) is 2.84. The largest absolute Gasteiger partial charge is 0.207 e. The van der Waals surface area contributed by atoms with Crippen molar-refractivity contribution >= 4 is 24.3 Å². The van der Waals surface area contributed by atoms with Gasteiger partial charge in [-0.25, -0.2) is 8.78 Å². The van der Waals surface area contributed by atoms with E-state index in [1.165, 1.54) is 35.4 Å². The summed E-state index contributed by atoms with van der Waals surface area (Å²) in [6, 6.07) is 30.0.